The summed E-state index contributed by atoms with van der Waals surface area (Å²) in [5.41, 5.74) is 2.28. The molecule has 0 saturated heterocycles. The van der Waals surface area contributed by atoms with Gasteiger partial charge in [0.1, 0.15) is 6.61 Å². The van der Waals surface area contributed by atoms with Crippen molar-refractivity contribution in [2.75, 3.05) is 0 Å². The van der Waals surface area contributed by atoms with Crippen molar-refractivity contribution >= 4 is 5.97 Å². The van der Waals surface area contributed by atoms with E-state index in [0.717, 1.165) is 31.4 Å². The molecule has 3 rings (SSSR count). The number of hydrogen-bond acceptors (Lipinski definition) is 3. The topological polar surface area (TPSA) is 38.3 Å². The minimum Gasteiger partial charge on any atom is -0.461 e. The fraction of sp³-hybridized carbons (Fsp3) is 0.350. The van der Waals surface area contributed by atoms with Crippen LogP contribution in [0, 0.1) is 5.92 Å². The summed E-state index contributed by atoms with van der Waals surface area (Å²) in [6.07, 6.45) is 3.04. The summed E-state index contributed by atoms with van der Waals surface area (Å²) in [5.74, 6) is -0.0978. The van der Waals surface area contributed by atoms with Crippen molar-refractivity contribution in [3.8, 4) is 0 Å². The molecule has 1 aliphatic carbocycles. The van der Waals surface area contributed by atoms with E-state index in [1.54, 1.807) is 0 Å². The molecule has 0 amide bonds. The average molecular weight is 309 g/mol. The molecular formula is C20H23NO2. The number of nitrogens with one attached hydrogen (secondary N) is 1. The third-order valence-corrected chi connectivity index (χ3v) is 4.45. The van der Waals surface area contributed by atoms with Gasteiger partial charge in [0.15, 0.2) is 0 Å². The van der Waals surface area contributed by atoms with Gasteiger partial charge in [0.2, 0.25) is 0 Å². The molecule has 0 spiro atoms. The van der Waals surface area contributed by atoms with E-state index in [4.69, 9.17) is 4.74 Å². The zero-order chi connectivity index (χ0) is 15.9. The smallest absolute Gasteiger partial charge is 0.310 e. The van der Waals surface area contributed by atoms with Gasteiger partial charge in [-0.15, -0.1) is 0 Å². The second kappa shape index (κ2) is 7.93. The fourth-order valence-electron chi connectivity index (χ4n) is 3.17. The zero-order valence-corrected chi connectivity index (χ0v) is 13.3. The van der Waals surface area contributed by atoms with E-state index in [1.807, 2.05) is 48.5 Å². The van der Waals surface area contributed by atoms with E-state index in [2.05, 4.69) is 17.4 Å². The third-order valence-electron chi connectivity index (χ3n) is 4.45. The van der Waals surface area contributed by atoms with Gasteiger partial charge in [-0.05, 0) is 24.0 Å². The molecule has 0 aromatic heterocycles. The van der Waals surface area contributed by atoms with E-state index in [0.29, 0.717) is 6.61 Å². The molecule has 0 unspecified atom stereocenters. The summed E-state index contributed by atoms with van der Waals surface area (Å²) in [5, 5.41) is 3.53. The molecule has 23 heavy (non-hydrogen) atoms. The molecule has 1 aliphatic rings. The molecule has 1 fully saturated rings. The lowest BCUT2D eigenvalue weighted by molar-refractivity contribution is -0.150. The molecule has 0 aliphatic heterocycles. The van der Waals surface area contributed by atoms with Gasteiger partial charge in [0.25, 0.3) is 0 Å². The quantitative estimate of drug-likeness (QED) is 0.827. The maximum atomic E-state index is 12.4. The first-order valence-electron chi connectivity index (χ1n) is 8.31. The minimum atomic E-state index is -0.0723. The Hall–Kier alpha value is -2.13. The lowest BCUT2D eigenvalue weighted by Gasteiger charge is -2.20. The van der Waals surface area contributed by atoms with Crippen LogP contribution in [-0.2, 0) is 22.7 Å². The van der Waals surface area contributed by atoms with Crippen LogP contribution in [-0.4, -0.2) is 12.0 Å². The first kappa shape index (κ1) is 15.8. The third kappa shape index (κ3) is 4.42. The van der Waals surface area contributed by atoms with Crippen LogP contribution in [0.15, 0.2) is 60.7 Å². The van der Waals surface area contributed by atoms with Gasteiger partial charge in [-0.25, -0.2) is 0 Å². The van der Waals surface area contributed by atoms with Crippen LogP contribution in [0.25, 0.3) is 0 Å². The molecule has 0 bridgehead atoms. The maximum absolute atomic E-state index is 12.4. The van der Waals surface area contributed by atoms with E-state index in [1.165, 1.54) is 5.56 Å². The van der Waals surface area contributed by atoms with Crippen molar-refractivity contribution in [1.82, 2.24) is 5.32 Å². The highest BCUT2D eigenvalue weighted by atomic mass is 16.5. The van der Waals surface area contributed by atoms with Gasteiger partial charge in [-0.2, -0.15) is 0 Å². The Labute approximate surface area is 137 Å². The molecule has 120 valence electrons. The van der Waals surface area contributed by atoms with Gasteiger partial charge in [-0.1, -0.05) is 67.1 Å². The van der Waals surface area contributed by atoms with Crippen molar-refractivity contribution in [2.24, 2.45) is 5.92 Å². The van der Waals surface area contributed by atoms with E-state index < -0.39 is 0 Å². The normalized spacial score (nSPS) is 20.3. The monoisotopic (exact) mass is 309 g/mol. The Balaban J connectivity index is 1.50. The Morgan fingerprint density at radius 3 is 2.30 bits per heavy atom. The van der Waals surface area contributed by atoms with Crippen LogP contribution in [0.3, 0.4) is 0 Å². The van der Waals surface area contributed by atoms with E-state index in [-0.39, 0.29) is 17.9 Å². The van der Waals surface area contributed by atoms with Gasteiger partial charge in [0.05, 0.1) is 5.92 Å². The van der Waals surface area contributed by atoms with Crippen LogP contribution in [0.4, 0.5) is 0 Å². The van der Waals surface area contributed by atoms with Crippen LogP contribution in [0.2, 0.25) is 0 Å². The van der Waals surface area contributed by atoms with E-state index >= 15 is 0 Å². The predicted octanol–water partition coefficient (Wildman–Crippen LogP) is 3.69. The lowest BCUT2D eigenvalue weighted by Crippen LogP contribution is -2.36. The van der Waals surface area contributed by atoms with Crippen LogP contribution < -0.4 is 5.32 Å². The van der Waals surface area contributed by atoms with Gasteiger partial charge >= 0.3 is 5.97 Å². The number of benzene rings is 2. The highest BCUT2D eigenvalue weighted by Gasteiger charge is 2.33. The molecular weight excluding hydrogens is 286 g/mol. The van der Waals surface area contributed by atoms with Gasteiger partial charge in [-0.3, -0.25) is 4.79 Å². The number of ether oxygens (including phenoxy) is 1. The molecule has 3 heteroatoms. The standard InChI is InChI=1S/C20H23NO2/c22-20(23-15-17-10-5-2-6-11-17)18-12-7-13-19(18)21-14-16-8-3-1-4-9-16/h1-6,8-11,18-19,21H,7,12-15H2/t18-,19-/m0/s1. The van der Waals surface area contributed by atoms with Gasteiger partial charge in [0, 0.05) is 12.6 Å². The first-order valence-corrected chi connectivity index (χ1v) is 8.31. The maximum Gasteiger partial charge on any atom is 0.310 e. The summed E-state index contributed by atoms with van der Waals surface area (Å²) in [4.78, 5) is 12.4. The summed E-state index contributed by atoms with van der Waals surface area (Å²) in [7, 11) is 0. The Bertz CT molecular complexity index is 612. The SMILES string of the molecule is O=C(OCc1ccccc1)[C@H]1CCC[C@@H]1NCc1ccccc1. The second-order valence-electron chi connectivity index (χ2n) is 6.10. The van der Waals surface area contributed by atoms with Crippen molar-refractivity contribution in [3.63, 3.8) is 0 Å². The summed E-state index contributed by atoms with van der Waals surface area (Å²) < 4.78 is 5.52. The average Bonchev–Trinajstić information content (AvgIpc) is 3.08. The number of rotatable bonds is 6. The Kier molecular flexibility index (Phi) is 5.43. The molecule has 0 heterocycles. The van der Waals surface area contributed by atoms with Crippen LogP contribution >= 0.6 is 0 Å². The second-order valence-corrected chi connectivity index (χ2v) is 6.10. The molecule has 1 N–H and O–H groups in total. The highest BCUT2D eigenvalue weighted by molar-refractivity contribution is 5.73. The van der Waals surface area contributed by atoms with E-state index in [9.17, 15) is 4.79 Å². The number of carbonyl (C=O) groups is 1. The molecule has 1 saturated carbocycles. The summed E-state index contributed by atoms with van der Waals surface area (Å²) in [6, 6.07) is 20.4. The summed E-state index contributed by atoms with van der Waals surface area (Å²) >= 11 is 0. The molecule has 0 radical (unpaired) electrons. The highest BCUT2D eigenvalue weighted by Crippen LogP contribution is 2.27. The van der Waals surface area contributed by atoms with Gasteiger partial charge < -0.3 is 10.1 Å². The Morgan fingerprint density at radius 2 is 1.61 bits per heavy atom. The van der Waals surface area contributed by atoms with Crippen LogP contribution in [0.1, 0.15) is 30.4 Å². The van der Waals surface area contributed by atoms with Crippen molar-refractivity contribution in [1.29, 1.82) is 0 Å². The lowest BCUT2D eigenvalue weighted by atomic mass is 10.0. The fourth-order valence-corrected chi connectivity index (χ4v) is 3.17. The Morgan fingerprint density at radius 1 is 0.957 bits per heavy atom. The molecule has 3 nitrogen and oxygen atoms in total. The molecule has 2 aromatic rings. The largest absolute Gasteiger partial charge is 0.461 e. The molecule has 2 atom stereocenters. The molecule has 2 aromatic carbocycles. The summed E-state index contributed by atoms with van der Waals surface area (Å²) in [6.45, 7) is 1.16. The van der Waals surface area contributed by atoms with Crippen molar-refractivity contribution in [3.05, 3.63) is 71.8 Å². The zero-order valence-electron chi connectivity index (χ0n) is 13.3. The first-order chi connectivity index (χ1) is 11.3. The van der Waals surface area contributed by atoms with Crippen molar-refractivity contribution < 1.29 is 9.53 Å². The predicted molar refractivity (Wildman–Crippen MR) is 90.6 cm³/mol. The number of esters is 1. The van der Waals surface area contributed by atoms with Crippen molar-refractivity contribution in [2.45, 2.75) is 38.5 Å². The number of hydrogen-bond donors (Lipinski definition) is 1. The minimum absolute atomic E-state index is 0.0255. The number of carbonyl (C=O) groups excluding carboxylic acids is 1. The van der Waals surface area contributed by atoms with Crippen LogP contribution in [0.5, 0.6) is 0 Å².